The number of nitrogens with one attached hydrogen (secondary N) is 1. The van der Waals surface area contributed by atoms with Crippen LogP contribution in [0.15, 0.2) is 30.6 Å². The second kappa shape index (κ2) is 7.57. The lowest BCUT2D eigenvalue weighted by atomic mass is 10.3. The summed E-state index contributed by atoms with van der Waals surface area (Å²) in [7, 11) is 1.93. The molecule has 0 aromatic carbocycles. The normalized spacial score (nSPS) is 15.1. The lowest BCUT2D eigenvalue weighted by Gasteiger charge is -2.15. The van der Waals surface area contributed by atoms with Gasteiger partial charge in [0.15, 0.2) is 0 Å². The number of carbonyl (C=O) groups excluding carboxylic acids is 1. The summed E-state index contributed by atoms with van der Waals surface area (Å²) in [6.45, 7) is 2.95. The SMILES string of the molecule is Cc1ccnc(NC(=O)CN(C)Cc2ccn(C3CCCC3)n2)c1. The Morgan fingerprint density at radius 1 is 1.38 bits per heavy atom. The third-order valence-corrected chi connectivity index (χ3v) is 4.39. The molecule has 2 heterocycles. The van der Waals surface area contributed by atoms with Crippen molar-refractivity contribution >= 4 is 11.7 Å². The van der Waals surface area contributed by atoms with Gasteiger partial charge in [0.05, 0.1) is 18.3 Å². The van der Waals surface area contributed by atoms with Gasteiger partial charge in [0.2, 0.25) is 5.91 Å². The van der Waals surface area contributed by atoms with Gasteiger partial charge in [-0.05, 0) is 50.6 Å². The first-order valence-electron chi connectivity index (χ1n) is 8.55. The van der Waals surface area contributed by atoms with Gasteiger partial charge in [0.1, 0.15) is 5.82 Å². The summed E-state index contributed by atoms with van der Waals surface area (Å²) in [6, 6.07) is 6.37. The monoisotopic (exact) mass is 327 g/mol. The molecule has 128 valence electrons. The highest BCUT2D eigenvalue weighted by Gasteiger charge is 2.18. The number of amides is 1. The molecule has 0 bridgehead atoms. The van der Waals surface area contributed by atoms with E-state index in [1.165, 1.54) is 25.7 Å². The van der Waals surface area contributed by atoms with E-state index >= 15 is 0 Å². The first kappa shape index (κ1) is 16.6. The first-order valence-corrected chi connectivity index (χ1v) is 8.55. The van der Waals surface area contributed by atoms with E-state index in [0.29, 0.717) is 24.9 Å². The number of rotatable bonds is 6. The Labute approximate surface area is 142 Å². The van der Waals surface area contributed by atoms with E-state index in [0.717, 1.165) is 11.3 Å². The Hall–Kier alpha value is -2.21. The second-order valence-electron chi connectivity index (χ2n) is 6.66. The van der Waals surface area contributed by atoms with Crippen LogP contribution >= 0.6 is 0 Å². The average Bonchev–Trinajstić information content (AvgIpc) is 3.17. The summed E-state index contributed by atoms with van der Waals surface area (Å²) in [5.74, 6) is 0.532. The molecule has 0 aliphatic heterocycles. The lowest BCUT2D eigenvalue weighted by molar-refractivity contribution is -0.117. The van der Waals surface area contributed by atoms with E-state index in [2.05, 4.69) is 32.3 Å². The number of hydrogen-bond donors (Lipinski definition) is 1. The molecule has 1 amide bonds. The van der Waals surface area contributed by atoms with Crippen LogP contribution in [0.1, 0.15) is 43.0 Å². The predicted molar refractivity (Wildman–Crippen MR) is 93.7 cm³/mol. The fourth-order valence-corrected chi connectivity index (χ4v) is 3.20. The zero-order chi connectivity index (χ0) is 16.9. The van der Waals surface area contributed by atoms with Gasteiger partial charge >= 0.3 is 0 Å². The predicted octanol–water partition coefficient (Wildman–Crippen LogP) is 2.77. The van der Waals surface area contributed by atoms with E-state index in [4.69, 9.17) is 0 Å². The Morgan fingerprint density at radius 3 is 2.92 bits per heavy atom. The minimum atomic E-state index is -0.0641. The number of carbonyl (C=O) groups is 1. The van der Waals surface area contributed by atoms with Crippen LogP contribution in [0.5, 0.6) is 0 Å². The number of hydrogen-bond acceptors (Lipinski definition) is 4. The molecule has 3 rings (SSSR count). The summed E-state index contributed by atoms with van der Waals surface area (Å²) in [5, 5.41) is 7.50. The van der Waals surface area contributed by atoms with E-state index in [1.807, 2.05) is 31.0 Å². The molecule has 24 heavy (non-hydrogen) atoms. The number of aryl methyl sites for hydroxylation is 1. The first-order chi connectivity index (χ1) is 11.6. The maximum absolute atomic E-state index is 12.1. The Balaban J connectivity index is 1.49. The van der Waals surface area contributed by atoms with Gasteiger partial charge in [-0.3, -0.25) is 14.4 Å². The van der Waals surface area contributed by atoms with Crippen molar-refractivity contribution in [3.8, 4) is 0 Å². The largest absolute Gasteiger partial charge is 0.310 e. The molecule has 1 aliphatic rings. The van der Waals surface area contributed by atoms with Crippen LogP contribution in [-0.2, 0) is 11.3 Å². The molecule has 0 spiro atoms. The van der Waals surface area contributed by atoms with Gasteiger partial charge in [0, 0.05) is 18.9 Å². The van der Waals surface area contributed by atoms with Crippen LogP contribution in [0.3, 0.4) is 0 Å². The van der Waals surface area contributed by atoms with Crippen LogP contribution < -0.4 is 5.32 Å². The smallest absolute Gasteiger partial charge is 0.239 e. The fourth-order valence-electron chi connectivity index (χ4n) is 3.20. The quantitative estimate of drug-likeness (QED) is 0.886. The highest BCUT2D eigenvalue weighted by Crippen LogP contribution is 2.28. The number of pyridine rings is 1. The zero-order valence-corrected chi connectivity index (χ0v) is 14.4. The van der Waals surface area contributed by atoms with Crippen molar-refractivity contribution in [3.63, 3.8) is 0 Å². The molecule has 6 nitrogen and oxygen atoms in total. The van der Waals surface area contributed by atoms with Crippen molar-refractivity contribution in [1.82, 2.24) is 19.7 Å². The van der Waals surface area contributed by atoms with Gasteiger partial charge in [0.25, 0.3) is 0 Å². The number of nitrogens with zero attached hydrogens (tertiary/aromatic N) is 4. The van der Waals surface area contributed by atoms with Crippen molar-refractivity contribution < 1.29 is 4.79 Å². The summed E-state index contributed by atoms with van der Waals surface area (Å²) in [5.41, 5.74) is 2.08. The minimum absolute atomic E-state index is 0.0641. The molecule has 1 fully saturated rings. The maximum Gasteiger partial charge on any atom is 0.239 e. The van der Waals surface area contributed by atoms with Crippen LogP contribution in [0.4, 0.5) is 5.82 Å². The standard InChI is InChI=1S/C18H25N5O/c1-14-7-9-19-17(11-14)20-18(24)13-22(2)12-15-8-10-23(21-15)16-5-3-4-6-16/h7-11,16H,3-6,12-13H2,1-2H3,(H,19,20,24). The average molecular weight is 327 g/mol. The van der Waals surface area contributed by atoms with Gasteiger partial charge in [-0.1, -0.05) is 12.8 Å². The lowest BCUT2D eigenvalue weighted by Crippen LogP contribution is -2.30. The number of likely N-dealkylation sites (N-methyl/N-ethyl adjacent to an activating group) is 1. The molecule has 0 atom stereocenters. The molecule has 1 saturated carbocycles. The molecular weight excluding hydrogens is 302 g/mol. The van der Waals surface area contributed by atoms with Crippen LogP contribution in [0.2, 0.25) is 0 Å². The molecule has 0 radical (unpaired) electrons. The Morgan fingerprint density at radius 2 is 2.17 bits per heavy atom. The van der Waals surface area contributed by atoms with E-state index in [1.54, 1.807) is 6.20 Å². The summed E-state index contributed by atoms with van der Waals surface area (Å²) in [4.78, 5) is 18.2. The van der Waals surface area contributed by atoms with E-state index in [9.17, 15) is 4.79 Å². The highest BCUT2D eigenvalue weighted by molar-refractivity contribution is 5.91. The molecule has 2 aromatic heterocycles. The summed E-state index contributed by atoms with van der Waals surface area (Å²) < 4.78 is 2.09. The third kappa shape index (κ3) is 4.41. The van der Waals surface area contributed by atoms with Crippen molar-refractivity contribution in [2.24, 2.45) is 0 Å². The van der Waals surface area contributed by atoms with Crippen LogP contribution in [-0.4, -0.2) is 39.2 Å². The van der Waals surface area contributed by atoms with Crippen molar-refractivity contribution in [2.45, 2.75) is 45.2 Å². The fraction of sp³-hybridized carbons (Fsp3) is 0.500. The van der Waals surface area contributed by atoms with Crippen molar-refractivity contribution in [3.05, 3.63) is 41.9 Å². The zero-order valence-electron chi connectivity index (χ0n) is 14.4. The van der Waals surface area contributed by atoms with Gasteiger partial charge in [-0.15, -0.1) is 0 Å². The molecule has 0 unspecified atom stereocenters. The number of aromatic nitrogens is 3. The number of anilines is 1. The third-order valence-electron chi connectivity index (χ3n) is 4.39. The Bertz CT molecular complexity index is 690. The Kier molecular flexibility index (Phi) is 5.25. The van der Waals surface area contributed by atoms with E-state index < -0.39 is 0 Å². The van der Waals surface area contributed by atoms with Gasteiger partial charge < -0.3 is 5.32 Å². The maximum atomic E-state index is 12.1. The highest BCUT2D eigenvalue weighted by atomic mass is 16.2. The summed E-state index contributed by atoms with van der Waals surface area (Å²) >= 11 is 0. The van der Waals surface area contributed by atoms with E-state index in [-0.39, 0.29) is 5.91 Å². The van der Waals surface area contributed by atoms with Crippen LogP contribution in [0, 0.1) is 6.92 Å². The molecule has 6 heteroatoms. The molecular formula is C18H25N5O. The van der Waals surface area contributed by atoms with Crippen LogP contribution in [0.25, 0.3) is 0 Å². The van der Waals surface area contributed by atoms with Crippen molar-refractivity contribution in [2.75, 3.05) is 18.9 Å². The van der Waals surface area contributed by atoms with Crippen molar-refractivity contribution in [1.29, 1.82) is 0 Å². The molecule has 1 aliphatic carbocycles. The van der Waals surface area contributed by atoms with Gasteiger partial charge in [-0.25, -0.2) is 4.98 Å². The summed E-state index contributed by atoms with van der Waals surface area (Å²) in [6.07, 6.45) is 8.81. The molecule has 0 saturated heterocycles. The topological polar surface area (TPSA) is 63.1 Å². The molecule has 2 aromatic rings. The second-order valence-corrected chi connectivity index (χ2v) is 6.66. The molecule has 1 N–H and O–H groups in total. The van der Waals surface area contributed by atoms with Gasteiger partial charge in [-0.2, -0.15) is 5.10 Å². The minimum Gasteiger partial charge on any atom is -0.310 e.